The fraction of sp³-hybridized carbons (Fsp3) is 0.929. The Morgan fingerprint density at radius 2 is 1.38 bits per heavy atom. The first-order valence-corrected chi connectivity index (χ1v) is 6.64. The Morgan fingerprint density at radius 1 is 0.938 bits per heavy atom. The van der Waals surface area contributed by atoms with E-state index in [9.17, 15) is 4.79 Å². The van der Waals surface area contributed by atoms with Crippen LogP contribution in [0.25, 0.3) is 0 Å². The monoisotopic (exact) mass is 228 g/mol. The minimum absolute atomic E-state index is 0.00352. The van der Waals surface area contributed by atoms with E-state index in [-0.39, 0.29) is 11.9 Å². The predicted octanol–water partition coefficient (Wildman–Crippen LogP) is 4.04. The van der Waals surface area contributed by atoms with Crippen LogP contribution in [0, 0.1) is 17.8 Å². The average molecular weight is 228 g/mol. The number of ether oxygens (including phenoxy) is 1. The summed E-state index contributed by atoms with van der Waals surface area (Å²) in [5.74, 6) is 1.44. The first-order valence-electron chi connectivity index (χ1n) is 6.64. The highest BCUT2D eigenvalue weighted by atomic mass is 16.5. The Kier molecular flexibility index (Phi) is 8.32. The van der Waals surface area contributed by atoms with Crippen molar-refractivity contribution < 1.29 is 9.53 Å². The lowest BCUT2D eigenvalue weighted by Crippen LogP contribution is -2.19. The maximum Gasteiger partial charge on any atom is 0.308 e. The zero-order valence-corrected chi connectivity index (χ0v) is 11.6. The van der Waals surface area contributed by atoms with Gasteiger partial charge in [0.05, 0.1) is 12.5 Å². The highest BCUT2D eigenvalue weighted by Crippen LogP contribution is 2.21. The van der Waals surface area contributed by atoms with Gasteiger partial charge in [-0.15, -0.1) is 0 Å². The molecule has 0 radical (unpaired) electrons. The molecule has 2 heteroatoms. The van der Waals surface area contributed by atoms with Gasteiger partial charge in [-0.2, -0.15) is 0 Å². The molecule has 0 aliphatic carbocycles. The van der Waals surface area contributed by atoms with Gasteiger partial charge in [-0.3, -0.25) is 4.79 Å². The van der Waals surface area contributed by atoms with Crippen LogP contribution in [0.4, 0.5) is 0 Å². The quantitative estimate of drug-likeness (QED) is 0.586. The van der Waals surface area contributed by atoms with Crippen LogP contribution < -0.4 is 0 Å². The fourth-order valence-electron chi connectivity index (χ4n) is 1.71. The molecule has 0 amide bonds. The summed E-state index contributed by atoms with van der Waals surface area (Å²) in [6, 6.07) is 0. The number of carbonyl (C=O) groups is 1. The molecular weight excluding hydrogens is 200 g/mol. The van der Waals surface area contributed by atoms with E-state index in [1.165, 1.54) is 0 Å². The van der Waals surface area contributed by atoms with Crippen molar-refractivity contribution in [1.29, 1.82) is 0 Å². The Balaban J connectivity index is 4.09. The average Bonchev–Trinajstić information content (AvgIpc) is 2.17. The fourth-order valence-corrected chi connectivity index (χ4v) is 1.71. The van der Waals surface area contributed by atoms with E-state index in [0.717, 1.165) is 25.7 Å². The van der Waals surface area contributed by atoms with Gasteiger partial charge >= 0.3 is 5.97 Å². The molecule has 0 aromatic heterocycles. The van der Waals surface area contributed by atoms with E-state index in [4.69, 9.17) is 4.74 Å². The topological polar surface area (TPSA) is 26.3 Å². The van der Waals surface area contributed by atoms with Crippen molar-refractivity contribution in [2.75, 3.05) is 6.61 Å². The summed E-state index contributed by atoms with van der Waals surface area (Å²) < 4.78 is 5.13. The second kappa shape index (κ2) is 8.60. The van der Waals surface area contributed by atoms with Crippen molar-refractivity contribution in [2.45, 2.75) is 60.3 Å². The highest BCUT2D eigenvalue weighted by Gasteiger charge is 2.19. The second-order valence-electron chi connectivity index (χ2n) is 5.39. The summed E-state index contributed by atoms with van der Waals surface area (Å²) in [7, 11) is 0. The van der Waals surface area contributed by atoms with E-state index in [1.54, 1.807) is 0 Å². The van der Waals surface area contributed by atoms with E-state index in [2.05, 4.69) is 27.7 Å². The van der Waals surface area contributed by atoms with Crippen LogP contribution in [-0.2, 0) is 9.53 Å². The minimum atomic E-state index is 0.00352. The van der Waals surface area contributed by atoms with Crippen molar-refractivity contribution in [3.05, 3.63) is 0 Å². The summed E-state index contributed by atoms with van der Waals surface area (Å²) >= 11 is 0. The maximum atomic E-state index is 11.7. The first-order chi connectivity index (χ1) is 7.47. The Labute approximate surface area is 101 Å². The van der Waals surface area contributed by atoms with Crippen LogP contribution in [0.3, 0.4) is 0 Å². The molecule has 0 fully saturated rings. The lowest BCUT2D eigenvalue weighted by Gasteiger charge is -2.17. The van der Waals surface area contributed by atoms with Crippen molar-refractivity contribution >= 4 is 5.97 Å². The molecule has 0 atom stereocenters. The van der Waals surface area contributed by atoms with Gasteiger partial charge in [0.15, 0.2) is 0 Å². The molecule has 0 unspecified atom stereocenters. The Hall–Kier alpha value is -0.530. The molecule has 96 valence electrons. The number of carbonyl (C=O) groups excluding carboxylic acids is 1. The van der Waals surface area contributed by atoms with Gasteiger partial charge in [-0.1, -0.05) is 40.5 Å². The van der Waals surface area contributed by atoms with Crippen LogP contribution in [0.2, 0.25) is 0 Å². The van der Waals surface area contributed by atoms with Crippen LogP contribution in [0.5, 0.6) is 0 Å². The van der Waals surface area contributed by atoms with Gasteiger partial charge in [-0.05, 0) is 31.6 Å². The molecule has 0 saturated carbocycles. The van der Waals surface area contributed by atoms with E-state index >= 15 is 0 Å². The van der Waals surface area contributed by atoms with Crippen molar-refractivity contribution in [3.63, 3.8) is 0 Å². The Bertz CT molecular complexity index is 173. The van der Waals surface area contributed by atoms with Gasteiger partial charge in [0.25, 0.3) is 0 Å². The molecule has 0 aliphatic rings. The number of hydrogen-bond donors (Lipinski definition) is 0. The highest BCUT2D eigenvalue weighted by molar-refractivity contribution is 5.72. The lowest BCUT2D eigenvalue weighted by molar-refractivity contribution is -0.148. The SMILES string of the molecule is CCOC(=O)C(CCC(C)C)CCC(C)C. The van der Waals surface area contributed by atoms with Crippen molar-refractivity contribution in [2.24, 2.45) is 17.8 Å². The zero-order valence-electron chi connectivity index (χ0n) is 11.6. The molecule has 0 aromatic rings. The molecule has 0 saturated heterocycles. The van der Waals surface area contributed by atoms with Crippen molar-refractivity contribution in [1.82, 2.24) is 0 Å². The molecule has 0 rings (SSSR count). The first kappa shape index (κ1) is 15.5. The number of hydrogen-bond acceptors (Lipinski definition) is 2. The normalized spacial score (nSPS) is 11.5. The van der Waals surface area contributed by atoms with Crippen LogP contribution >= 0.6 is 0 Å². The number of rotatable bonds is 8. The molecule has 0 bridgehead atoms. The van der Waals surface area contributed by atoms with E-state index in [1.807, 2.05) is 6.92 Å². The zero-order chi connectivity index (χ0) is 12.6. The summed E-state index contributed by atoms with van der Waals surface area (Å²) in [6.45, 7) is 11.2. The van der Waals surface area contributed by atoms with Gasteiger partial charge in [0.2, 0.25) is 0 Å². The van der Waals surface area contributed by atoms with Gasteiger partial charge < -0.3 is 4.74 Å². The van der Waals surface area contributed by atoms with E-state index in [0.29, 0.717) is 18.4 Å². The molecule has 0 aromatic carbocycles. The smallest absolute Gasteiger partial charge is 0.308 e. The third-order valence-electron chi connectivity index (χ3n) is 2.80. The molecule has 2 nitrogen and oxygen atoms in total. The molecular formula is C14H28O2. The summed E-state index contributed by atoms with van der Waals surface area (Å²) in [4.78, 5) is 11.7. The third kappa shape index (κ3) is 7.72. The standard InChI is InChI=1S/C14H28O2/c1-6-16-14(15)13(9-7-11(2)3)10-8-12(4)5/h11-13H,6-10H2,1-5H3. The van der Waals surface area contributed by atoms with Gasteiger partial charge in [0, 0.05) is 0 Å². The summed E-state index contributed by atoms with van der Waals surface area (Å²) in [6.07, 6.45) is 4.18. The summed E-state index contributed by atoms with van der Waals surface area (Å²) in [5, 5.41) is 0. The van der Waals surface area contributed by atoms with Crippen LogP contribution in [-0.4, -0.2) is 12.6 Å². The van der Waals surface area contributed by atoms with Gasteiger partial charge in [0.1, 0.15) is 0 Å². The van der Waals surface area contributed by atoms with Crippen LogP contribution in [0.15, 0.2) is 0 Å². The lowest BCUT2D eigenvalue weighted by atomic mass is 9.91. The maximum absolute atomic E-state index is 11.7. The predicted molar refractivity (Wildman–Crippen MR) is 68.3 cm³/mol. The third-order valence-corrected chi connectivity index (χ3v) is 2.80. The Morgan fingerprint density at radius 3 is 1.69 bits per heavy atom. The summed E-state index contributed by atoms with van der Waals surface area (Å²) in [5.41, 5.74) is 0. The molecule has 0 N–H and O–H groups in total. The van der Waals surface area contributed by atoms with E-state index < -0.39 is 0 Å². The van der Waals surface area contributed by atoms with Crippen molar-refractivity contribution in [3.8, 4) is 0 Å². The molecule has 16 heavy (non-hydrogen) atoms. The largest absolute Gasteiger partial charge is 0.466 e. The number of esters is 1. The van der Waals surface area contributed by atoms with Gasteiger partial charge in [-0.25, -0.2) is 0 Å². The van der Waals surface area contributed by atoms with Crippen LogP contribution in [0.1, 0.15) is 60.3 Å². The minimum Gasteiger partial charge on any atom is -0.466 e. The molecule has 0 aliphatic heterocycles. The second-order valence-corrected chi connectivity index (χ2v) is 5.39. The molecule has 0 spiro atoms. The molecule has 0 heterocycles.